The SMILES string of the molecule is CC(C)[C@@H](Nc1ccccc1O)C(=O)Nc1ccccc1O. The molecule has 0 spiro atoms. The molecule has 0 unspecified atom stereocenters. The average Bonchev–Trinajstić information content (AvgIpc) is 2.48. The van der Waals surface area contributed by atoms with Gasteiger partial charge >= 0.3 is 0 Å². The number of carbonyl (C=O) groups excluding carboxylic acids is 1. The summed E-state index contributed by atoms with van der Waals surface area (Å²) in [6, 6.07) is 12.8. The van der Waals surface area contributed by atoms with Gasteiger partial charge in [0.15, 0.2) is 0 Å². The first kappa shape index (κ1) is 15.7. The Labute approximate surface area is 129 Å². The van der Waals surface area contributed by atoms with Gasteiger partial charge in [0, 0.05) is 0 Å². The maximum atomic E-state index is 12.5. The number of hydrogen-bond acceptors (Lipinski definition) is 4. The monoisotopic (exact) mass is 300 g/mol. The van der Waals surface area contributed by atoms with Gasteiger partial charge in [-0.25, -0.2) is 0 Å². The van der Waals surface area contributed by atoms with Crippen LogP contribution in [0.5, 0.6) is 11.5 Å². The number of anilines is 2. The first-order valence-electron chi connectivity index (χ1n) is 7.12. The summed E-state index contributed by atoms with van der Waals surface area (Å²) in [5.74, 6) is -0.186. The van der Waals surface area contributed by atoms with Crippen LogP contribution in [-0.2, 0) is 4.79 Å². The molecule has 0 bridgehead atoms. The highest BCUT2D eigenvalue weighted by atomic mass is 16.3. The van der Waals surface area contributed by atoms with Crippen molar-refractivity contribution in [1.82, 2.24) is 0 Å². The Kier molecular flexibility index (Phi) is 4.88. The van der Waals surface area contributed by atoms with Crippen molar-refractivity contribution in [2.75, 3.05) is 10.6 Å². The van der Waals surface area contributed by atoms with Gasteiger partial charge < -0.3 is 20.8 Å². The fourth-order valence-corrected chi connectivity index (χ4v) is 2.09. The van der Waals surface area contributed by atoms with Gasteiger partial charge in [0.25, 0.3) is 0 Å². The second-order valence-corrected chi connectivity index (χ2v) is 5.39. The van der Waals surface area contributed by atoms with E-state index in [0.29, 0.717) is 11.4 Å². The van der Waals surface area contributed by atoms with Gasteiger partial charge in [0.2, 0.25) is 5.91 Å². The molecule has 0 aliphatic carbocycles. The lowest BCUT2D eigenvalue weighted by molar-refractivity contribution is -0.117. The minimum absolute atomic E-state index is 0.00883. The van der Waals surface area contributed by atoms with Crippen LogP contribution >= 0.6 is 0 Å². The number of phenols is 2. The third-order valence-electron chi connectivity index (χ3n) is 3.33. The van der Waals surface area contributed by atoms with E-state index < -0.39 is 6.04 Å². The highest BCUT2D eigenvalue weighted by molar-refractivity contribution is 5.98. The molecule has 0 saturated heterocycles. The molecular weight excluding hydrogens is 280 g/mol. The molecule has 0 aliphatic heterocycles. The zero-order valence-corrected chi connectivity index (χ0v) is 12.6. The number of aromatic hydroxyl groups is 2. The summed E-state index contributed by atoms with van der Waals surface area (Å²) in [4.78, 5) is 12.5. The van der Waals surface area contributed by atoms with E-state index in [1.54, 1.807) is 42.5 Å². The predicted molar refractivity (Wildman–Crippen MR) is 87.1 cm³/mol. The van der Waals surface area contributed by atoms with Crippen molar-refractivity contribution >= 4 is 17.3 Å². The van der Waals surface area contributed by atoms with Crippen molar-refractivity contribution in [2.24, 2.45) is 5.92 Å². The first-order chi connectivity index (χ1) is 10.5. The van der Waals surface area contributed by atoms with E-state index in [2.05, 4.69) is 10.6 Å². The molecule has 0 fully saturated rings. The maximum absolute atomic E-state index is 12.5. The van der Waals surface area contributed by atoms with Gasteiger partial charge in [-0.2, -0.15) is 0 Å². The summed E-state index contributed by atoms with van der Waals surface area (Å²) in [5, 5.41) is 25.3. The third kappa shape index (κ3) is 3.69. The smallest absolute Gasteiger partial charge is 0.247 e. The Morgan fingerprint density at radius 1 is 0.909 bits per heavy atom. The van der Waals surface area contributed by atoms with Crippen molar-refractivity contribution in [2.45, 2.75) is 19.9 Å². The van der Waals surface area contributed by atoms with Crippen molar-refractivity contribution in [3.63, 3.8) is 0 Å². The van der Waals surface area contributed by atoms with Crippen LogP contribution < -0.4 is 10.6 Å². The maximum Gasteiger partial charge on any atom is 0.247 e. The van der Waals surface area contributed by atoms with E-state index in [-0.39, 0.29) is 23.3 Å². The standard InChI is InChI=1S/C17H20N2O3/c1-11(2)16(18-12-7-3-5-9-14(12)20)17(22)19-13-8-4-6-10-15(13)21/h3-11,16,18,20-21H,1-2H3,(H,19,22)/t16-/m1/s1. The van der Waals surface area contributed by atoms with E-state index in [0.717, 1.165) is 0 Å². The number of hydrogen-bond donors (Lipinski definition) is 4. The second kappa shape index (κ2) is 6.85. The summed E-state index contributed by atoms with van der Waals surface area (Å²) >= 11 is 0. The van der Waals surface area contributed by atoms with E-state index in [1.807, 2.05) is 13.8 Å². The average molecular weight is 300 g/mol. The predicted octanol–water partition coefficient (Wildman–Crippen LogP) is 3.17. The first-order valence-corrected chi connectivity index (χ1v) is 7.12. The van der Waals surface area contributed by atoms with Gasteiger partial charge in [-0.05, 0) is 30.2 Å². The summed E-state index contributed by atoms with van der Waals surface area (Å²) in [7, 11) is 0. The molecule has 116 valence electrons. The quantitative estimate of drug-likeness (QED) is 0.639. The van der Waals surface area contributed by atoms with Crippen molar-refractivity contribution in [3.8, 4) is 11.5 Å². The van der Waals surface area contributed by atoms with E-state index in [1.165, 1.54) is 6.07 Å². The lowest BCUT2D eigenvalue weighted by Crippen LogP contribution is -2.38. The number of amides is 1. The van der Waals surface area contributed by atoms with Gasteiger partial charge in [-0.15, -0.1) is 0 Å². The molecule has 2 aromatic rings. The van der Waals surface area contributed by atoms with Crippen LogP contribution in [0.3, 0.4) is 0 Å². The van der Waals surface area contributed by atoms with Gasteiger partial charge in [0.1, 0.15) is 17.5 Å². The molecule has 2 rings (SSSR count). The zero-order valence-electron chi connectivity index (χ0n) is 12.6. The second-order valence-electron chi connectivity index (χ2n) is 5.39. The van der Waals surface area contributed by atoms with Crippen molar-refractivity contribution in [3.05, 3.63) is 48.5 Å². The zero-order chi connectivity index (χ0) is 16.1. The number of rotatable bonds is 5. The molecule has 1 amide bonds. The van der Waals surface area contributed by atoms with Crippen LogP contribution in [-0.4, -0.2) is 22.2 Å². The minimum atomic E-state index is -0.548. The van der Waals surface area contributed by atoms with Crippen LogP contribution in [0.1, 0.15) is 13.8 Å². The van der Waals surface area contributed by atoms with Crippen molar-refractivity contribution < 1.29 is 15.0 Å². The lowest BCUT2D eigenvalue weighted by Gasteiger charge is -2.23. The number of phenolic OH excluding ortho intramolecular Hbond substituents is 2. The van der Waals surface area contributed by atoms with E-state index in [4.69, 9.17) is 0 Å². The normalized spacial score (nSPS) is 12.0. The topological polar surface area (TPSA) is 81.6 Å². The number of nitrogens with one attached hydrogen (secondary N) is 2. The fraction of sp³-hybridized carbons (Fsp3) is 0.235. The number of benzene rings is 2. The third-order valence-corrected chi connectivity index (χ3v) is 3.33. The molecule has 0 saturated carbocycles. The lowest BCUT2D eigenvalue weighted by atomic mass is 10.0. The van der Waals surface area contributed by atoms with E-state index in [9.17, 15) is 15.0 Å². The fourth-order valence-electron chi connectivity index (χ4n) is 2.09. The molecular formula is C17H20N2O3. The largest absolute Gasteiger partial charge is 0.506 e. The summed E-state index contributed by atoms with van der Waals surface area (Å²) in [6.07, 6.45) is 0. The van der Waals surface area contributed by atoms with Crippen LogP contribution in [0.4, 0.5) is 11.4 Å². The molecule has 0 aromatic heterocycles. The van der Waals surface area contributed by atoms with Crippen molar-refractivity contribution in [1.29, 1.82) is 0 Å². The number of para-hydroxylation sites is 4. The van der Waals surface area contributed by atoms with Gasteiger partial charge in [-0.1, -0.05) is 38.1 Å². The summed E-state index contributed by atoms with van der Waals surface area (Å²) in [6.45, 7) is 3.81. The van der Waals surface area contributed by atoms with Crippen LogP contribution in [0, 0.1) is 5.92 Å². The highest BCUT2D eigenvalue weighted by Crippen LogP contribution is 2.26. The van der Waals surface area contributed by atoms with Gasteiger partial charge in [0.05, 0.1) is 11.4 Å². The molecule has 22 heavy (non-hydrogen) atoms. The molecule has 2 aromatic carbocycles. The molecule has 5 heteroatoms. The summed E-state index contributed by atoms with van der Waals surface area (Å²) in [5.41, 5.74) is 0.853. The molecule has 4 N–H and O–H groups in total. The Morgan fingerprint density at radius 2 is 1.41 bits per heavy atom. The Morgan fingerprint density at radius 3 is 1.91 bits per heavy atom. The Hall–Kier alpha value is -2.69. The van der Waals surface area contributed by atoms with Crippen LogP contribution in [0.25, 0.3) is 0 Å². The van der Waals surface area contributed by atoms with Crippen LogP contribution in [0.15, 0.2) is 48.5 Å². The minimum Gasteiger partial charge on any atom is -0.506 e. The molecule has 0 aliphatic rings. The van der Waals surface area contributed by atoms with Crippen LogP contribution in [0.2, 0.25) is 0 Å². The van der Waals surface area contributed by atoms with E-state index >= 15 is 0 Å². The molecule has 1 atom stereocenters. The summed E-state index contributed by atoms with van der Waals surface area (Å²) < 4.78 is 0. The highest BCUT2D eigenvalue weighted by Gasteiger charge is 2.23. The van der Waals surface area contributed by atoms with Gasteiger partial charge in [-0.3, -0.25) is 4.79 Å². The Bertz CT molecular complexity index is 656. The molecule has 0 radical (unpaired) electrons. The molecule has 5 nitrogen and oxygen atoms in total. The molecule has 0 heterocycles. The Balaban J connectivity index is 2.16. The number of carbonyl (C=O) groups is 1.